The molecular formula is C12H19ClN2. The number of unbranched alkanes of at least 4 members (excludes halogenated alkanes) is 2. The van der Waals surface area contributed by atoms with Gasteiger partial charge < -0.3 is 4.90 Å². The Morgan fingerprint density at radius 2 is 2.20 bits per heavy atom. The van der Waals surface area contributed by atoms with Crippen molar-refractivity contribution in [2.24, 2.45) is 0 Å². The molecule has 2 nitrogen and oxygen atoms in total. The molecule has 0 aromatic carbocycles. The number of aromatic nitrogens is 1. The number of anilines is 1. The summed E-state index contributed by atoms with van der Waals surface area (Å²) in [4.78, 5) is 6.34. The fourth-order valence-corrected chi connectivity index (χ4v) is 1.82. The summed E-state index contributed by atoms with van der Waals surface area (Å²) in [6.07, 6.45) is 7.44. The second kappa shape index (κ2) is 6.67. The van der Waals surface area contributed by atoms with E-state index in [0.29, 0.717) is 5.88 Å². The highest BCUT2D eigenvalue weighted by Crippen LogP contribution is 2.20. The van der Waals surface area contributed by atoms with Gasteiger partial charge in [0.1, 0.15) is 0 Å². The first-order valence-electron chi connectivity index (χ1n) is 5.49. The smallest absolute Gasteiger partial charge is 0.0509 e. The molecule has 0 aliphatic carbocycles. The Bertz CT molecular complexity index is 289. The highest BCUT2D eigenvalue weighted by Gasteiger charge is 2.05. The molecule has 0 bridgehead atoms. The number of nitrogens with zero attached hydrogens (tertiary/aromatic N) is 2. The third-order valence-corrected chi connectivity index (χ3v) is 2.82. The molecule has 3 heteroatoms. The molecule has 1 aromatic heterocycles. The van der Waals surface area contributed by atoms with Gasteiger partial charge in [0.05, 0.1) is 5.88 Å². The molecule has 1 aromatic rings. The Morgan fingerprint density at radius 3 is 2.87 bits per heavy atom. The van der Waals surface area contributed by atoms with Crippen molar-refractivity contribution in [1.29, 1.82) is 0 Å². The van der Waals surface area contributed by atoms with Crippen molar-refractivity contribution in [3.63, 3.8) is 0 Å². The molecule has 1 heterocycles. The Kier molecular flexibility index (Phi) is 5.48. The third kappa shape index (κ3) is 3.71. The van der Waals surface area contributed by atoms with E-state index in [4.69, 9.17) is 11.6 Å². The lowest BCUT2D eigenvalue weighted by Crippen LogP contribution is -2.19. The topological polar surface area (TPSA) is 16.1 Å². The summed E-state index contributed by atoms with van der Waals surface area (Å²) in [6.45, 7) is 3.30. The zero-order valence-corrected chi connectivity index (χ0v) is 10.3. The molecule has 0 aliphatic rings. The number of alkyl halides is 1. The number of pyridine rings is 1. The minimum atomic E-state index is 0.529. The number of hydrogen-bond acceptors (Lipinski definition) is 2. The summed E-state index contributed by atoms with van der Waals surface area (Å²) in [6, 6.07) is 2.03. The Hall–Kier alpha value is -0.760. The van der Waals surface area contributed by atoms with E-state index in [0.717, 1.165) is 12.1 Å². The van der Waals surface area contributed by atoms with Gasteiger partial charge >= 0.3 is 0 Å². The van der Waals surface area contributed by atoms with E-state index in [9.17, 15) is 0 Å². The SMILES string of the molecule is CCCCCN(C)c1ccncc1CCl. The van der Waals surface area contributed by atoms with E-state index in [1.807, 2.05) is 18.5 Å². The van der Waals surface area contributed by atoms with Gasteiger partial charge in [-0.25, -0.2) is 0 Å². The van der Waals surface area contributed by atoms with Crippen LogP contribution < -0.4 is 4.90 Å². The van der Waals surface area contributed by atoms with Gasteiger partial charge in [-0.05, 0) is 12.5 Å². The first-order valence-corrected chi connectivity index (χ1v) is 6.03. The molecule has 0 saturated heterocycles. The van der Waals surface area contributed by atoms with E-state index in [1.165, 1.54) is 24.9 Å². The van der Waals surface area contributed by atoms with Crippen LogP contribution in [0.2, 0.25) is 0 Å². The van der Waals surface area contributed by atoms with Gasteiger partial charge in [0.25, 0.3) is 0 Å². The van der Waals surface area contributed by atoms with E-state index in [1.54, 1.807) is 0 Å². The molecule has 84 valence electrons. The molecule has 0 spiro atoms. The van der Waals surface area contributed by atoms with E-state index < -0.39 is 0 Å². The molecule has 0 aliphatic heterocycles. The van der Waals surface area contributed by atoms with Crippen LogP contribution in [0, 0.1) is 0 Å². The predicted molar refractivity (Wildman–Crippen MR) is 66.6 cm³/mol. The van der Waals surface area contributed by atoms with Crippen molar-refractivity contribution in [3.8, 4) is 0 Å². The van der Waals surface area contributed by atoms with Gasteiger partial charge in [0, 0.05) is 37.2 Å². The van der Waals surface area contributed by atoms with Crippen LogP contribution in [-0.2, 0) is 5.88 Å². The number of hydrogen-bond donors (Lipinski definition) is 0. The molecule has 15 heavy (non-hydrogen) atoms. The summed E-state index contributed by atoms with van der Waals surface area (Å²) >= 11 is 5.87. The summed E-state index contributed by atoms with van der Waals surface area (Å²) in [5, 5.41) is 0. The molecule has 0 unspecified atom stereocenters. The van der Waals surface area contributed by atoms with Gasteiger partial charge in [-0.1, -0.05) is 19.8 Å². The van der Waals surface area contributed by atoms with Crippen LogP contribution in [0.3, 0.4) is 0 Å². The van der Waals surface area contributed by atoms with Crippen molar-refractivity contribution in [3.05, 3.63) is 24.0 Å². The van der Waals surface area contributed by atoms with Crippen LogP contribution in [0.25, 0.3) is 0 Å². The third-order valence-electron chi connectivity index (χ3n) is 2.53. The zero-order chi connectivity index (χ0) is 11.1. The summed E-state index contributed by atoms with van der Waals surface area (Å²) in [5.74, 6) is 0.529. The van der Waals surface area contributed by atoms with Crippen molar-refractivity contribution in [2.75, 3.05) is 18.5 Å². The maximum atomic E-state index is 5.87. The highest BCUT2D eigenvalue weighted by molar-refractivity contribution is 6.17. The van der Waals surface area contributed by atoms with Crippen LogP contribution in [0.5, 0.6) is 0 Å². The van der Waals surface area contributed by atoms with Crippen molar-refractivity contribution in [1.82, 2.24) is 4.98 Å². The summed E-state index contributed by atoms with van der Waals surface area (Å²) < 4.78 is 0. The highest BCUT2D eigenvalue weighted by atomic mass is 35.5. The van der Waals surface area contributed by atoms with E-state index in [2.05, 4.69) is 23.9 Å². The van der Waals surface area contributed by atoms with Crippen LogP contribution in [0.4, 0.5) is 5.69 Å². The van der Waals surface area contributed by atoms with Crippen molar-refractivity contribution < 1.29 is 0 Å². The average Bonchev–Trinajstić information content (AvgIpc) is 2.29. The maximum absolute atomic E-state index is 5.87. The van der Waals surface area contributed by atoms with Crippen LogP contribution in [0.1, 0.15) is 31.7 Å². The maximum Gasteiger partial charge on any atom is 0.0509 e. The number of halogens is 1. The Balaban J connectivity index is 2.59. The molecule has 0 atom stereocenters. The van der Waals surface area contributed by atoms with Crippen LogP contribution in [-0.4, -0.2) is 18.6 Å². The molecule has 0 amide bonds. The molecule has 0 fully saturated rings. The predicted octanol–water partition coefficient (Wildman–Crippen LogP) is 3.45. The largest absolute Gasteiger partial charge is 0.374 e. The zero-order valence-electron chi connectivity index (χ0n) is 9.54. The molecular weight excluding hydrogens is 208 g/mol. The lowest BCUT2D eigenvalue weighted by Gasteiger charge is -2.21. The van der Waals surface area contributed by atoms with Gasteiger partial charge in [-0.15, -0.1) is 11.6 Å². The molecule has 1 rings (SSSR count). The minimum absolute atomic E-state index is 0.529. The minimum Gasteiger partial charge on any atom is -0.374 e. The quantitative estimate of drug-likeness (QED) is 0.546. The van der Waals surface area contributed by atoms with Gasteiger partial charge in [0.15, 0.2) is 0 Å². The normalized spacial score (nSPS) is 10.3. The lowest BCUT2D eigenvalue weighted by molar-refractivity contribution is 0.704. The fourth-order valence-electron chi connectivity index (χ4n) is 1.61. The van der Waals surface area contributed by atoms with E-state index in [-0.39, 0.29) is 0 Å². The molecule has 0 radical (unpaired) electrons. The monoisotopic (exact) mass is 226 g/mol. The second-order valence-electron chi connectivity index (χ2n) is 3.77. The molecule has 0 saturated carbocycles. The Labute approximate surface area is 97.3 Å². The first-order chi connectivity index (χ1) is 7.29. The Morgan fingerprint density at radius 1 is 1.40 bits per heavy atom. The van der Waals surface area contributed by atoms with Crippen LogP contribution in [0.15, 0.2) is 18.5 Å². The van der Waals surface area contributed by atoms with Crippen LogP contribution >= 0.6 is 11.6 Å². The summed E-state index contributed by atoms with van der Waals surface area (Å²) in [7, 11) is 2.11. The number of rotatable bonds is 6. The average molecular weight is 227 g/mol. The van der Waals surface area contributed by atoms with Gasteiger partial charge in [-0.3, -0.25) is 4.98 Å². The molecule has 0 N–H and O–H groups in total. The van der Waals surface area contributed by atoms with Gasteiger partial charge in [-0.2, -0.15) is 0 Å². The van der Waals surface area contributed by atoms with Gasteiger partial charge in [0.2, 0.25) is 0 Å². The summed E-state index contributed by atoms with van der Waals surface area (Å²) in [5.41, 5.74) is 2.31. The van der Waals surface area contributed by atoms with Crippen molar-refractivity contribution >= 4 is 17.3 Å². The van der Waals surface area contributed by atoms with E-state index >= 15 is 0 Å². The second-order valence-corrected chi connectivity index (χ2v) is 4.03. The first kappa shape index (κ1) is 12.3. The lowest BCUT2D eigenvalue weighted by atomic mass is 10.2. The van der Waals surface area contributed by atoms with Crippen molar-refractivity contribution in [2.45, 2.75) is 32.1 Å². The standard InChI is InChI=1S/C12H19ClN2/c1-3-4-5-8-15(2)12-6-7-14-10-11(12)9-13/h6-7,10H,3-5,8-9H2,1-2H3. The fraction of sp³-hybridized carbons (Fsp3) is 0.583.